The fraction of sp³-hybridized carbons (Fsp3) is 0.579. The number of anilines is 1. The molecule has 7 heteroatoms. The SMILES string of the molecule is CN=C(NCC1CC(=O)Nc2ccccc21)NCC1CN(C)CCN1C. The van der Waals surface area contributed by atoms with Crippen LogP contribution in [-0.4, -0.2) is 81.6 Å². The molecule has 2 heterocycles. The van der Waals surface area contributed by atoms with Gasteiger partial charge in [0, 0.05) is 63.8 Å². The molecular weight excluding hydrogens is 328 g/mol. The van der Waals surface area contributed by atoms with Crippen molar-refractivity contribution in [2.45, 2.75) is 18.4 Å². The molecule has 0 radical (unpaired) electrons. The van der Waals surface area contributed by atoms with E-state index in [0.717, 1.165) is 37.8 Å². The lowest BCUT2D eigenvalue weighted by Gasteiger charge is -2.38. The van der Waals surface area contributed by atoms with E-state index in [1.165, 1.54) is 5.56 Å². The number of hydrogen-bond acceptors (Lipinski definition) is 4. The second-order valence-corrected chi connectivity index (χ2v) is 7.27. The minimum atomic E-state index is 0.0744. The van der Waals surface area contributed by atoms with Crippen LogP contribution in [0.1, 0.15) is 17.9 Å². The van der Waals surface area contributed by atoms with E-state index < -0.39 is 0 Å². The van der Waals surface area contributed by atoms with Gasteiger partial charge in [-0.25, -0.2) is 0 Å². The first-order valence-corrected chi connectivity index (χ1v) is 9.29. The predicted molar refractivity (Wildman–Crippen MR) is 106 cm³/mol. The van der Waals surface area contributed by atoms with Gasteiger partial charge >= 0.3 is 0 Å². The number of carbonyl (C=O) groups excluding carboxylic acids is 1. The van der Waals surface area contributed by atoms with Gasteiger partial charge in [0.25, 0.3) is 0 Å². The zero-order valence-electron chi connectivity index (χ0n) is 16.0. The lowest BCUT2D eigenvalue weighted by atomic mass is 9.90. The summed E-state index contributed by atoms with van der Waals surface area (Å²) in [6, 6.07) is 8.48. The number of rotatable bonds is 4. The van der Waals surface area contributed by atoms with Gasteiger partial charge in [-0.1, -0.05) is 18.2 Å². The molecule has 142 valence electrons. The molecule has 26 heavy (non-hydrogen) atoms. The van der Waals surface area contributed by atoms with Crippen LogP contribution in [-0.2, 0) is 4.79 Å². The Labute approximate surface area is 155 Å². The van der Waals surface area contributed by atoms with Gasteiger partial charge in [0.2, 0.25) is 5.91 Å². The quantitative estimate of drug-likeness (QED) is 0.541. The number of nitrogens with one attached hydrogen (secondary N) is 3. The van der Waals surface area contributed by atoms with Crippen LogP contribution in [0.3, 0.4) is 0 Å². The third-order valence-corrected chi connectivity index (χ3v) is 5.33. The minimum absolute atomic E-state index is 0.0744. The van der Waals surface area contributed by atoms with Crippen LogP contribution in [0.2, 0.25) is 0 Å². The number of piperazine rings is 1. The van der Waals surface area contributed by atoms with Crippen LogP contribution < -0.4 is 16.0 Å². The van der Waals surface area contributed by atoms with Gasteiger partial charge in [-0.15, -0.1) is 0 Å². The van der Waals surface area contributed by atoms with Crippen LogP contribution in [0.15, 0.2) is 29.3 Å². The fourth-order valence-electron chi connectivity index (χ4n) is 3.66. The van der Waals surface area contributed by atoms with Crippen molar-refractivity contribution in [3.8, 4) is 0 Å². The standard InChI is InChI=1S/C19H30N6O/c1-20-19(22-12-15-13-24(2)8-9-25(15)3)21-11-14-10-18(26)23-17-7-5-4-6-16(14)17/h4-7,14-15H,8-13H2,1-3H3,(H,23,26)(H2,20,21,22). The summed E-state index contributed by atoms with van der Waals surface area (Å²) in [5.41, 5.74) is 2.11. The Morgan fingerprint density at radius 3 is 2.81 bits per heavy atom. The van der Waals surface area contributed by atoms with Crippen molar-refractivity contribution in [3.63, 3.8) is 0 Å². The van der Waals surface area contributed by atoms with Crippen molar-refractivity contribution in [3.05, 3.63) is 29.8 Å². The molecule has 2 aliphatic rings. The molecule has 1 aromatic carbocycles. The summed E-state index contributed by atoms with van der Waals surface area (Å²) in [5.74, 6) is 1.02. The van der Waals surface area contributed by atoms with Gasteiger partial charge in [0.05, 0.1) is 0 Å². The van der Waals surface area contributed by atoms with Gasteiger partial charge in [0.15, 0.2) is 5.96 Å². The first-order valence-electron chi connectivity index (χ1n) is 9.29. The van der Waals surface area contributed by atoms with Crippen molar-refractivity contribution >= 4 is 17.6 Å². The number of likely N-dealkylation sites (N-methyl/N-ethyl adjacent to an activating group) is 2. The molecule has 3 rings (SSSR count). The molecule has 2 aliphatic heterocycles. The van der Waals surface area contributed by atoms with Crippen molar-refractivity contribution in [1.29, 1.82) is 0 Å². The first-order chi connectivity index (χ1) is 12.6. The summed E-state index contributed by atoms with van der Waals surface area (Å²) in [6.45, 7) is 4.79. The van der Waals surface area contributed by atoms with Crippen molar-refractivity contribution in [1.82, 2.24) is 20.4 Å². The second-order valence-electron chi connectivity index (χ2n) is 7.27. The van der Waals surface area contributed by atoms with Crippen molar-refractivity contribution < 1.29 is 4.79 Å². The molecule has 0 aliphatic carbocycles. The number of aliphatic imine (C=N–C) groups is 1. The van der Waals surface area contributed by atoms with Crippen molar-refractivity contribution in [2.24, 2.45) is 4.99 Å². The van der Waals surface area contributed by atoms with Crippen LogP contribution in [0.4, 0.5) is 5.69 Å². The molecule has 2 atom stereocenters. The fourth-order valence-corrected chi connectivity index (χ4v) is 3.66. The van der Waals surface area contributed by atoms with Gasteiger partial charge in [-0.3, -0.25) is 14.7 Å². The maximum absolute atomic E-state index is 12.0. The number of nitrogens with zero attached hydrogens (tertiary/aromatic N) is 3. The van der Waals surface area contributed by atoms with E-state index in [-0.39, 0.29) is 11.8 Å². The normalized spacial score (nSPS) is 24.7. The van der Waals surface area contributed by atoms with E-state index in [9.17, 15) is 4.79 Å². The van der Waals surface area contributed by atoms with Gasteiger partial charge in [0.1, 0.15) is 0 Å². The van der Waals surface area contributed by atoms with E-state index >= 15 is 0 Å². The molecule has 1 amide bonds. The minimum Gasteiger partial charge on any atom is -0.356 e. The smallest absolute Gasteiger partial charge is 0.225 e. The Balaban J connectivity index is 1.54. The van der Waals surface area contributed by atoms with Crippen LogP contribution in [0.25, 0.3) is 0 Å². The number of guanidine groups is 1. The Bertz CT molecular complexity index is 661. The van der Waals surface area contributed by atoms with E-state index in [1.54, 1.807) is 7.05 Å². The van der Waals surface area contributed by atoms with Gasteiger partial charge < -0.3 is 20.9 Å². The monoisotopic (exact) mass is 358 g/mol. The summed E-state index contributed by atoms with van der Waals surface area (Å²) in [6.07, 6.45) is 0.497. The molecule has 2 unspecified atom stereocenters. The molecule has 0 bridgehead atoms. The van der Waals surface area contributed by atoms with E-state index in [2.05, 4.69) is 50.9 Å². The zero-order chi connectivity index (χ0) is 18.5. The average molecular weight is 358 g/mol. The number of fused-ring (bicyclic) bond motifs is 1. The topological polar surface area (TPSA) is 72.0 Å². The zero-order valence-corrected chi connectivity index (χ0v) is 16.0. The molecular formula is C19H30N6O. The summed E-state index contributed by atoms with van der Waals surface area (Å²) in [7, 11) is 6.12. The molecule has 3 N–H and O–H groups in total. The number of hydrogen-bond donors (Lipinski definition) is 3. The molecule has 1 fully saturated rings. The number of benzene rings is 1. The van der Waals surface area contributed by atoms with Crippen LogP contribution in [0, 0.1) is 0 Å². The Kier molecular flexibility index (Phi) is 6.11. The second kappa shape index (κ2) is 8.51. The highest BCUT2D eigenvalue weighted by molar-refractivity contribution is 5.94. The third-order valence-electron chi connectivity index (χ3n) is 5.33. The summed E-state index contributed by atoms with van der Waals surface area (Å²) < 4.78 is 0. The Morgan fingerprint density at radius 2 is 2.00 bits per heavy atom. The Morgan fingerprint density at radius 1 is 1.23 bits per heavy atom. The summed E-state index contributed by atoms with van der Waals surface area (Å²) in [4.78, 5) is 21.0. The highest BCUT2D eigenvalue weighted by atomic mass is 16.1. The van der Waals surface area contributed by atoms with E-state index in [1.807, 2.05) is 18.2 Å². The van der Waals surface area contributed by atoms with Crippen LogP contribution >= 0.6 is 0 Å². The highest BCUT2D eigenvalue weighted by Crippen LogP contribution is 2.31. The molecule has 7 nitrogen and oxygen atoms in total. The lowest BCUT2D eigenvalue weighted by Crippen LogP contribution is -2.55. The maximum atomic E-state index is 12.0. The largest absolute Gasteiger partial charge is 0.356 e. The Hall–Kier alpha value is -2.12. The van der Waals surface area contributed by atoms with Crippen LogP contribution in [0.5, 0.6) is 0 Å². The third kappa shape index (κ3) is 4.53. The molecule has 0 saturated carbocycles. The molecule has 0 spiro atoms. The first kappa shape index (κ1) is 18.7. The van der Waals surface area contributed by atoms with E-state index in [4.69, 9.17) is 0 Å². The summed E-state index contributed by atoms with van der Waals surface area (Å²) >= 11 is 0. The molecule has 1 aromatic rings. The van der Waals surface area contributed by atoms with Gasteiger partial charge in [-0.05, 0) is 25.7 Å². The van der Waals surface area contributed by atoms with E-state index in [0.29, 0.717) is 19.0 Å². The average Bonchev–Trinajstić information content (AvgIpc) is 2.64. The highest BCUT2D eigenvalue weighted by Gasteiger charge is 2.25. The molecule has 0 aromatic heterocycles. The number of para-hydroxylation sites is 1. The number of carbonyl (C=O) groups is 1. The lowest BCUT2D eigenvalue weighted by molar-refractivity contribution is -0.116. The summed E-state index contributed by atoms with van der Waals surface area (Å²) in [5, 5.41) is 9.77. The molecule has 1 saturated heterocycles. The predicted octanol–water partition coefficient (Wildman–Crippen LogP) is 0.523. The van der Waals surface area contributed by atoms with Crippen molar-refractivity contribution in [2.75, 3.05) is 59.2 Å². The number of amides is 1. The van der Waals surface area contributed by atoms with Gasteiger partial charge in [-0.2, -0.15) is 0 Å². The maximum Gasteiger partial charge on any atom is 0.225 e.